The highest BCUT2D eigenvalue weighted by atomic mass is 35.5. The van der Waals surface area contributed by atoms with E-state index in [-0.39, 0.29) is 30.3 Å². The molecule has 0 saturated heterocycles. The standard InChI is InChI=1S/C39H78N2O3.ClH/c1-6-9-11-13-15-17-19-21-22-23-24-26-28-30-32-34-37(42)41-36(8-3)39(4,5)38(43)44-40-35-33-31-29-27-25-20-18-16-14-12-10-7-2;/h36,40H,6-35H2,1-5H3,(H,41,42);1H. The second-order valence-corrected chi connectivity index (χ2v) is 14.1. The van der Waals surface area contributed by atoms with Gasteiger partial charge in [-0.2, -0.15) is 5.48 Å². The summed E-state index contributed by atoms with van der Waals surface area (Å²) in [6, 6.07) is -0.229. The second kappa shape index (κ2) is 34.5. The summed E-state index contributed by atoms with van der Waals surface area (Å²) < 4.78 is 0. The average Bonchev–Trinajstić information content (AvgIpc) is 3.01. The summed E-state index contributed by atoms with van der Waals surface area (Å²) in [4.78, 5) is 30.9. The summed E-state index contributed by atoms with van der Waals surface area (Å²) in [7, 11) is 0. The smallest absolute Gasteiger partial charge is 0.332 e. The summed E-state index contributed by atoms with van der Waals surface area (Å²) in [6.07, 6.45) is 36.8. The number of hydrogen-bond donors (Lipinski definition) is 2. The van der Waals surface area contributed by atoms with Gasteiger partial charge in [0.25, 0.3) is 0 Å². The minimum Gasteiger partial charge on any atom is -0.370 e. The van der Waals surface area contributed by atoms with Crippen molar-refractivity contribution >= 4 is 24.3 Å². The molecule has 5 nitrogen and oxygen atoms in total. The third kappa shape index (κ3) is 29.1. The highest BCUT2D eigenvalue weighted by molar-refractivity contribution is 5.85. The van der Waals surface area contributed by atoms with Crippen LogP contribution < -0.4 is 10.8 Å². The van der Waals surface area contributed by atoms with Crippen LogP contribution in [0.1, 0.15) is 221 Å². The van der Waals surface area contributed by atoms with Crippen molar-refractivity contribution in [2.24, 2.45) is 5.41 Å². The lowest BCUT2D eigenvalue weighted by Crippen LogP contribution is -2.50. The summed E-state index contributed by atoms with van der Waals surface area (Å²) in [5.74, 6) is -0.243. The third-order valence-electron chi connectivity index (χ3n) is 9.45. The van der Waals surface area contributed by atoms with E-state index < -0.39 is 5.41 Å². The normalized spacial score (nSPS) is 12.1. The fraction of sp³-hybridized carbons (Fsp3) is 0.949. The van der Waals surface area contributed by atoms with E-state index in [1.807, 2.05) is 20.8 Å². The van der Waals surface area contributed by atoms with Crippen molar-refractivity contribution in [1.29, 1.82) is 0 Å². The Morgan fingerprint density at radius 2 is 0.867 bits per heavy atom. The minimum absolute atomic E-state index is 0. The average molecular weight is 660 g/mol. The van der Waals surface area contributed by atoms with Gasteiger partial charge in [-0.1, -0.05) is 181 Å². The van der Waals surface area contributed by atoms with Gasteiger partial charge in [0.15, 0.2) is 0 Å². The summed E-state index contributed by atoms with van der Waals surface area (Å²) in [5, 5.41) is 3.12. The lowest BCUT2D eigenvalue weighted by Gasteiger charge is -2.32. The van der Waals surface area contributed by atoms with Gasteiger partial charge in [0.1, 0.15) is 0 Å². The molecule has 1 unspecified atom stereocenters. The van der Waals surface area contributed by atoms with Gasteiger partial charge in [0, 0.05) is 19.0 Å². The lowest BCUT2D eigenvalue weighted by atomic mass is 9.83. The zero-order valence-corrected chi connectivity index (χ0v) is 31.7. The number of carbonyl (C=O) groups is 2. The Morgan fingerprint density at radius 1 is 0.533 bits per heavy atom. The van der Waals surface area contributed by atoms with Gasteiger partial charge in [0.2, 0.25) is 5.91 Å². The monoisotopic (exact) mass is 659 g/mol. The van der Waals surface area contributed by atoms with Crippen molar-refractivity contribution in [2.45, 2.75) is 227 Å². The number of rotatable bonds is 34. The Bertz CT molecular complexity index is 644. The molecule has 45 heavy (non-hydrogen) atoms. The van der Waals surface area contributed by atoms with Crippen LogP contribution in [0.25, 0.3) is 0 Å². The number of hydroxylamine groups is 1. The van der Waals surface area contributed by atoms with Gasteiger partial charge in [-0.05, 0) is 33.1 Å². The predicted molar refractivity (Wildman–Crippen MR) is 198 cm³/mol. The van der Waals surface area contributed by atoms with Gasteiger partial charge in [-0.15, -0.1) is 12.4 Å². The van der Waals surface area contributed by atoms with E-state index >= 15 is 0 Å². The van der Waals surface area contributed by atoms with Crippen LogP contribution in [0.3, 0.4) is 0 Å². The number of nitrogens with one attached hydrogen (secondary N) is 2. The minimum atomic E-state index is -0.775. The molecule has 0 radical (unpaired) electrons. The highest BCUT2D eigenvalue weighted by Crippen LogP contribution is 2.25. The largest absolute Gasteiger partial charge is 0.370 e. The highest BCUT2D eigenvalue weighted by Gasteiger charge is 2.38. The van der Waals surface area contributed by atoms with Gasteiger partial charge in [-0.25, -0.2) is 4.79 Å². The Labute approximate surface area is 287 Å². The molecule has 6 heteroatoms. The molecule has 0 heterocycles. The summed E-state index contributed by atoms with van der Waals surface area (Å²) in [6.45, 7) is 11.0. The number of hydrogen-bond acceptors (Lipinski definition) is 4. The Balaban J connectivity index is 0. The van der Waals surface area contributed by atoms with E-state index in [0.29, 0.717) is 19.4 Å². The van der Waals surface area contributed by atoms with Gasteiger partial charge in [-0.3, -0.25) is 4.79 Å². The molecule has 0 aromatic heterocycles. The number of carbonyl (C=O) groups excluding carboxylic acids is 2. The van der Waals surface area contributed by atoms with Crippen molar-refractivity contribution in [1.82, 2.24) is 10.8 Å². The van der Waals surface area contributed by atoms with Crippen LogP contribution in [0.2, 0.25) is 0 Å². The molecule has 270 valence electrons. The first-order valence-corrected chi connectivity index (χ1v) is 19.6. The molecule has 0 aliphatic heterocycles. The molecule has 0 saturated carbocycles. The van der Waals surface area contributed by atoms with Crippen molar-refractivity contribution in [3.8, 4) is 0 Å². The first-order valence-electron chi connectivity index (χ1n) is 19.6. The molecule has 1 amide bonds. The molecule has 0 aromatic carbocycles. The fourth-order valence-corrected chi connectivity index (χ4v) is 6.14. The third-order valence-corrected chi connectivity index (χ3v) is 9.45. The second-order valence-electron chi connectivity index (χ2n) is 14.1. The van der Waals surface area contributed by atoms with Crippen LogP contribution in [0, 0.1) is 5.41 Å². The van der Waals surface area contributed by atoms with Crippen molar-refractivity contribution in [3.63, 3.8) is 0 Å². The van der Waals surface area contributed by atoms with Gasteiger partial charge in [0.05, 0.1) is 5.41 Å². The van der Waals surface area contributed by atoms with Crippen LogP contribution in [-0.4, -0.2) is 24.5 Å². The lowest BCUT2D eigenvalue weighted by molar-refractivity contribution is -0.164. The molecule has 0 fully saturated rings. The van der Waals surface area contributed by atoms with Crippen molar-refractivity contribution in [2.75, 3.05) is 6.54 Å². The number of halogens is 1. The maximum atomic E-state index is 12.8. The van der Waals surface area contributed by atoms with Gasteiger partial charge >= 0.3 is 5.97 Å². The predicted octanol–water partition coefficient (Wildman–Crippen LogP) is 12.3. The molecule has 0 aromatic rings. The first-order chi connectivity index (χ1) is 21.4. The molecule has 0 bridgehead atoms. The zero-order chi connectivity index (χ0) is 32.6. The van der Waals surface area contributed by atoms with Crippen molar-refractivity contribution < 1.29 is 14.4 Å². The van der Waals surface area contributed by atoms with E-state index in [1.165, 1.54) is 148 Å². The van der Waals surface area contributed by atoms with Crippen LogP contribution in [0.4, 0.5) is 0 Å². The van der Waals surface area contributed by atoms with Crippen LogP contribution in [0.15, 0.2) is 0 Å². The fourth-order valence-electron chi connectivity index (χ4n) is 6.14. The van der Waals surface area contributed by atoms with E-state index in [1.54, 1.807) is 0 Å². The number of amides is 1. The van der Waals surface area contributed by atoms with Crippen LogP contribution >= 0.6 is 12.4 Å². The topological polar surface area (TPSA) is 67.4 Å². The molecular formula is C39H79ClN2O3. The Hall–Kier alpha value is -0.810. The van der Waals surface area contributed by atoms with Crippen LogP contribution in [0.5, 0.6) is 0 Å². The zero-order valence-electron chi connectivity index (χ0n) is 30.9. The van der Waals surface area contributed by atoms with E-state index in [9.17, 15) is 9.59 Å². The molecular weight excluding hydrogens is 580 g/mol. The summed E-state index contributed by atoms with van der Waals surface area (Å²) in [5.41, 5.74) is 2.11. The molecule has 2 N–H and O–H groups in total. The SMILES string of the molecule is CCCCCCCCCCCCCCCCCC(=O)NC(CC)C(C)(C)C(=O)ONCCCCCCCCCCCCCC.Cl. The molecule has 0 rings (SSSR count). The number of unbranched alkanes of at least 4 members (excludes halogenated alkanes) is 25. The van der Waals surface area contributed by atoms with Crippen molar-refractivity contribution in [3.05, 3.63) is 0 Å². The molecule has 0 spiro atoms. The van der Waals surface area contributed by atoms with E-state index in [2.05, 4.69) is 24.6 Å². The van der Waals surface area contributed by atoms with E-state index in [4.69, 9.17) is 4.84 Å². The molecule has 0 aliphatic rings. The van der Waals surface area contributed by atoms with Crippen LogP contribution in [-0.2, 0) is 14.4 Å². The Morgan fingerprint density at radius 3 is 1.22 bits per heavy atom. The maximum absolute atomic E-state index is 12.8. The van der Waals surface area contributed by atoms with Gasteiger partial charge < -0.3 is 10.2 Å². The van der Waals surface area contributed by atoms with E-state index in [0.717, 1.165) is 25.7 Å². The quantitative estimate of drug-likeness (QED) is 0.0533. The molecule has 1 atom stereocenters. The maximum Gasteiger partial charge on any atom is 0.332 e. The first kappa shape index (κ1) is 46.3. The Kier molecular flexibility index (Phi) is 35.5. The summed E-state index contributed by atoms with van der Waals surface area (Å²) >= 11 is 0. The molecule has 0 aliphatic carbocycles.